The van der Waals surface area contributed by atoms with Gasteiger partial charge in [0.1, 0.15) is 0 Å². The first-order valence-corrected chi connectivity index (χ1v) is 12.2. The van der Waals surface area contributed by atoms with Crippen molar-refractivity contribution in [1.29, 1.82) is 0 Å². The highest BCUT2D eigenvalue weighted by Gasteiger charge is 2.59. The Morgan fingerprint density at radius 3 is 2.18 bits per heavy atom. The lowest BCUT2D eigenvalue weighted by Gasteiger charge is -2.38. The Balaban J connectivity index is 1.69. The minimum absolute atomic E-state index is 0.151. The molecule has 0 unspecified atom stereocenters. The molecule has 5 rings (SSSR count). The zero-order valence-electron chi connectivity index (χ0n) is 17.5. The Labute approximate surface area is 205 Å². The lowest BCUT2D eigenvalue weighted by atomic mass is 10.2. The summed E-state index contributed by atoms with van der Waals surface area (Å²) in [6.07, 6.45) is 1.88. The van der Waals surface area contributed by atoms with Gasteiger partial charge in [-0.15, -0.1) is 0 Å². The lowest BCUT2D eigenvalue weighted by molar-refractivity contribution is -0.114. The molecule has 1 atom stereocenters. The van der Waals surface area contributed by atoms with Gasteiger partial charge in [0, 0.05) is 17.6 Å². The molecule has 0 aliphatic carbocycles. The number of carbonyl (C=O) groups is 2. The third kappa shape index (κ3) is 3.97. The number of para-hydroxylation sites is 1. The number of hydrogen-bond donors (Lipinski definition) is 0. The number of anilines is 2. The van der Waals surface area contributed by atoms with Gasteiger partial charge in [-0.05, 0) is 59.8 Å². The molecule has 0 radical (unpaired) electrons. The molecular formula is C25H18ClN3O2S2. The fourth-order valence-corrected chi connectivity index (χ4v) is 6.62. The van der Waals surface area contributed by atoms with E-state index in [4.69, 9.17) is 11.6 Å². The third-order valence-electron chi connectivity index (χ3n) is 5.11. The molecule has 2 heterocycles. The van der Waals surface area contributed by atoms with Crippen LogP contribution < -0.4 is 9.91 Å². The van der Waals surface area contributed by atoms with Gasteiger partial charge in [0.25, 0.3) is 5.91 Å². The van der Waals surface area contributed by atoms with E-state index in [0.717, 1.165) is 16.9 Å². The number of benzene rings is 3. The summed E-state index contributed by atoms with van der Waals surface area (Å²) in [4.78, 5) is 28.5. The van der Waals surface area contributed by atoms with Crippen LogP contribution in [0.4, 0.5) is 11.4 Å². The molecule has 1 fully saturated rings. The third-order valence-corrected chi connectivity index (χ3v) is 8.18. The average Bonchev–Trinajstić information content (AvgIpc) is 3.33. The highest BCUT2D eigenvalue weighted by molar-refractivity contribution is 8.29. The molecule has 33 heavy (non-hydrogen) atoms. The SMILES string of the molecule is CC(=O)C1=NN(c2ccc(Cl)cc2)[C@]2(S1)S/C(=C/c1ccccc1)C(=O)N2c1ccccc1. The number of amides is 1. The van der Waals surface area contributed by atoms with E-state index in [0.29, 0.717) is 15.0 Å². The van der Waals surface area contributed by atoms with Gasteiger partial charge < -0.3 is 0 Å². The van der Waals surface area contributed by atoms with Crippen molar-refractivity contribution in [2.45, 2.75) is 11.3 Å². The molecular weight excluding hydrogens is 474 g/mol. The van der Waals surface area contributed by atoms with Gasteiger partial charge in [-0.1, -0.05) is 71.9 Å². The zero-order valence-corrected chi connectivity index (χ0v) is 19.9. The maximum absolute atomic E-state index is 13.8. The number of rotatable bonds is 4. The molecule has 1 amide bonds. The number of halogens is 1. The lowest BCUT2D eigenvalue weighted by Crippen LogP contribution is -2.51. The van der Waals surface area contributed by atoms with Crippen LogP contribution in [0.15, 0.2) is 94.9 Å². The van der Waals surface area contributed by atoms with Crippen LogP contribution in [0.2, 0.25) is 5.02 Å². The largest absolute Gasteiger partial charge is 0.292 e. The van der Waals surface area contributed by atoms with E-state index in [9.17, 15) is 9.59 Å². The molecule has 5 nitrogen and oxygen atoms in total. The van der Waals surface area contributed by atoms with Crippen molar-refractivity contribution < 1.29 is 9.59 Å². The van der Waals surface area contributed by atoms with Crippen LogP contribution in [0.3, 0.4) is 0 Å². The standard InChI is InChI=1S/C25H18ClN3O2S2/c1-17(30)23-27-29(21-14-12-19(26)13-15-21)25(33-23)28(20-10-6-3-7-11-20)24(31)22(32-25)16-18-8-4-2-5-9-18/h2-16H,1H3/b22-16+/t25-/m0/s1. The first kappa shape index (κ1) is 21.8. The first-order valence-electron chi connectivity index (χ1n) is 10.2. The zero-order chi connectivity index (χ0) is 23.0. The molecule has 8 heteroatoms. The number of hydrazone groups is 1. The van der Waals surface area contributed by atoms with Crippen LogP contribution in [0.25, 0.3) is 6.08 Å². The van der Waals surface area contributed by atoms with Crippen molar-refractivity contribution in [2.75, 3.05) is 9.91 Å². The van der Waals surface area contributed by atoms with Gasteiger partial charge in [0.15, 0.2) is 10.8 Å². The first-order chi connectivity index (χ1) is 16.0. The number of nitrogens with zero attached hydrogens (tertiary/aromatic N) is 3. The van der Waals surface area contributed by atoms with Gasteiger partial charge in [0.05, 0.1) is 10.6 Å². The van der Waals surface area contributed by atoms with Crippen LogP contribution in [-0.2, 0) is 9.59 Å². The summed E-state index contributed by atoms with van der Waals surface area (Å²) in [5.41, 5.74) is 2.37. The molecule has 0 saturated carbocycles. The second kappa shape index (κ2) is 8.74. The minimum atomic E-state index is -1.03. The Morgan fingerprint density at radius 1 is 0.909 bits per heavy atom. The second-order valence-corrected chi connectivity index (χ2v) is 10.5. The van der Waals surface area contributed by atoms with Gasteiger partial charge >= 0.3 is 0 Å². The molecule has 0 N–H and O–H groups in total. The Bertz CT molecular complexity index is 1280. The molecule has 0 bridgehead atoms. The summed E-state index contributed by atoms with van der Waals surface area (Å²) in [7, 11) is 0. The van der Waals surface area contributed by atoms with E-state index in [1.54, 1.807) is 22.0 Å². The number of carbonyl (C=O) groups excluding carboxylic acids is 2. The molecule has 1 spiro atoms. The number of hydrogen-bond acceptors (Lipinski definition) is 6. The van der Waals surface area contributed by atoms with E-state index >= 15 is 0 Å². The second-order valence-electron chi connectivity index (χ2n) is 7.40. The van der Waals surface area contributed by atoms with Crippen molar-refractivity contribution >= 4 is 69.3 Å². The molecule has 0 aromatic heterocycles. The van der Waals surface area contributed by atoms with Crippen LogP contribution in [0.5, 0.6) is 0 Å². The van der Waals surface area contributed by atoms with Crippen LogP contribution in [0, 0.1) is 0 Å². The summed E-state index contributed by atoms with van der Waals surface area (Å²) in [5, 5.41) is 7.33. The van der Waals surface area contributed by atoms with Crippen molar-refractivity contribution in [1.82, 2.24) is 0 Å². The monoisotopic (exact) mass is 491 g/mol. The molecule has 164 valence electrons. The summed E-state index contributed by atoms with van der Waals surface area (Å²) >= 11 is 8.78. The van der Waals surface area contributed by atoms with Crippen molar-refractivity contribution in [3.05, 3.63) is 100 Å². The Morgan fingerprint density at radius 2 is 1.55 bits per heavy atom. The fourth-order valence-electron chi connectivity index (χ4n) is 3.61. The van der Waals surface area contributed by atoms with E-state index in [1.807, 2.05) is 78.9 Å². The van der Waals surface area contributed by atoms with Crippen molar-refractivity contribution in [3.63, 3.8) is 0 Å². The summed E-state index contributed by atoms with van der Waals surface area (Å²) in [6.45, 7) is 1.49. The Hall–Kier alpha value is -3.00. The summed E-state index contributed by atoms with van der Waals surface area (Å²) in [6, 6.07) is 26.4. The normalized spacial score (nSPS) is 21.2. The van der Waals surface area contributed by atoms with E-state index in [1.165, 1.54) is 30.4 Å². The van der Waals surface area contributed by atoms with E-state index in [2.05, 4.69) is 5.10 Å². The van der Waals surface area contributed by atoms with Crippen molar-refractivity contribution in [2.24, 2.45) is 5.10 Å². The molecule has 3 aromatic carbocycles. The number of ketones is 1. The fraction of sp³-hybridized carbons (Fsp3) is 0.0800. The number of thioether (sulfide) groups is 2. The maximum atomic E-state index is 13.8. The van der Waals surface area contributed by atoms with Gasteiger partial charge in [-0.2, -0.15) is 5.10 Å². The smallest absolute Gasteiger partial charge is 0.268 e. The highest BCUT2D eigenvalue weighted by Crippen LogP contribution is 2.59. The number of Topliss-reactive ketones (excluding diaryl/α,β-unsaturated/α-hetero) is 1. The minimum Gasteiger partial charge on any atom is -0.292 e. The van der Waals surface area contributed by atoms with E-state index < -0.39 is 4.33 Å². The highest BCUT2D eigenvalue weighted by atomic mass is 35.5. The maximum Gasteiger partial charge on any atom is 0.268 e. The van der Waals surface area contributed by atoms with Crippen molar-refractivity contribution in [3.8, 4) is 0 Å². The predicted molar refractivity (Wildman–Crippen MR) is 138 cm³/mol. The van der Waals surface area contributed by atoms with Crippen LogP contribution >= 0.6 is 35.1 Å². The quantitative estimate of drug-likeness (QED) is 0.405. The molecule has 2 aliphatic rings. The topological polar surface area (TPSA) is 53.0 Å². The van der Waals surface area contributed by atoms with Gasteiger partial charge in [0.2, 0.25) is 4.33 Å². The van der Waals surface area contributed by atoms with Gasteiger partial charge in [-0.25, -0.2) is 5.01 Å². The van der Waals surface area contributed by atoms with Crippen LogP contribution in [0.1, 0.15) is 12.5 Å². The van der Waals surface area contributed by atoms with Crippen LogP contribution in [-0.4, -0.2) is 21.1 Å². The molecule has 1 saturated heterocycles. The summed E-state index contributed by atoms with van der Waals surface area (Å²) in [5.74, 6) is -0.307. The van der Waals surface area contributed by atoms with Gasteiger partial charge in [-0.3, -0.25) is 14.5 Å². The average molecular weight is 492 g/mol. The van der Waals surface area contributed by atoms with E-state index in [-0.39, 0.29) is 11.7 Å². The molecule has 2 aliphatic heterocycles. The Kier molecular flexibility index (Phi) is 5.78. The summed E-state index contributed by atoms with van der Waals surface area (Å²) < 4.78 is -1.03. The molecule has 3 aromatic rings. The predicted octanol–water partition coefficient (Wildman–Crippen LogP) is 6.23.